The fourth-order valence-electron chi connectivity index (χ4n) is 2.32. The predicted octanol–water partition coefficient (Wildman–Crippen LogP) is 3.82. The van der Waals surface area contributed by atoms with Gasteiger partial charge in [-0.05, 0) is 44.0 Å². The third-order valence-corrected chi connectivity index (χ3v) is 4.89. The molecule has 0 spiro atoms. The Kier molecular flexibility index (Phi) is 6.74. The smallest absolute Gasteiger partial charge is 0.243 e. The largest absolute Gasteiger partial charge is 0.346 e. The number of thioether (sulfide) groups is 1. The zero-order valence-corrected chi connectivity index (χ0v) is 15.5. The molecule has 0 fully saturated rings. The van der Waals surface area contributed by atoms with Gasteiger partial charge in [0.05, 0.1) is 11.8 Å². The van der Waals surface area contributed by atoms with E-state index in [1.165, 1.54) is 6.07 Å². The molecular weight excluding hydrogens is 358 g/mol. The summed E-state index contributed by atoms with van der Waals surface area (Å²) < 4.78 is 26.6. The van der Waals surface area contributed by atoms with Gasteiger partial charge in [-0.2, -0.15) is 0 Å². The molecule has 0 bridgehead atoms. The molecule has 0 aromatic heterocycles. The Morgan fingerprint density at radius 1 is 1.12 bits per heavy atom. The first-order valence-electron chi connectivity index (χ1n) is 8.03. The van der Waals surface area contributed by atoms with Crippen LogP contribution in [0.15, 0.2) is 41.3 Å². The summed E-state index contributed by atoms with van der Waals surface area (Å²) >= 11 is 0.962. The van der Waals surface area contributed by atoms with Crippen LogP contribution in [0.5, 0.6) is 0 Å². The Labute approximate surface area is 155 Å². The van der Waals surface area contributed by atoms with E-state index < -0.39 is 22.8 Å². The van der Waals surface area contributed by atoms with E-state index in [1.807, 2.05) is 32.0 Å². The molecule has 0 aliphatic carbocycles. The summed E-state index contributed by atoms with van der Waals surface area (Å²) in [6, 6.07) is 8.86. The van der Waals surface area contributed by atoms with Crippen molar-refractivity contribution in [3.05, 3.63) is 59.2 Å². The molecule has 2 amide bonds. The average molecular weight is 378 g/mol. The van der Waals surface area contributed by atoms with Crippen molar-refractivity contribution in [2.75, 3.05) is 11.9 Å². The summed E-state index contributed by atoms with van der Waals surface area (Å²) in [6.45, 7) is 5.17. The number of nitrogens with one attached hydrogen (secondary N) is 2. The molecule has 26 heavy (non-hydrogen) atoms. The van der Waals surface area contributed by atoms with Crippen molar-refractivity contribution in [1.82, 2.24) is 5.32 Å². The summed E-state index contributed by atoms with van der Waals surface area (Å²) in [5.74, 6) is -2.15. The molecule has 0 saturated heterocycles. The van der Waals surface area contributed by atoms with Gasteiger partial charge in [0.25, 0.3) is 0 Å². The molecule has 2 N–H and O–H groups in total. The van der Waals surface area contributed by atoms with Gasteiger partial charge in [-0.15, -0.1) is 11.8 Å². The molecule has 2 aromatic rings. The van der Waals surface area contributed by atoms with E-state index in [4.69, 9.17) is 0 Å². The molecule has 4 nitrogen and oxygen atoms in total. The number of amides is 2. The Morgan fingerprint density at radius 2 is 1.77 bits per heavy atom. The minimum atomic E-state index is -0.720. The van der Waals surface area contributed by atoms with Gasteiger partial charge in [0.2, 0.25) is 11.8 Å². The summed E-state index contributed by atoms with van der Waals surface area (Å²) in [6.07, 6.45) is 0. The molecule has 0 radical (unpaired) electrons. The first-order chi connectivity index (χ1) is 12.3. The molecule has 0 saturated carbocycles. The summed E-state index contributed by atoms with van der Waals surface area (Å²) in [5.41, 5.74) is 2.59. The van der Waals surface area contributed by atoms with Gasteiger partial charge >= 0.3 is 0 Å². The number of hydrogen-bond acceptors (Lipinski definition) is 3. The lowest BCUT2D eigenvalue weighted by Gasteiger charge is -2.14. The SMILES string of the molecule is Cc1cccc(C)c1NC(=O)CNC(=O)[C@H](C)Sc1ccc(F)cc1F. The number of carbonyl (C=O) groups is 2. The van der Waals surface area contributed by atoms with Crippen LogP contribution < -0.4 is 10.6 Å². The number of rotatable bonds is 6. The van der Waals surface area contributed by atoms with Crippen LogP contribution in [0.25, 0.3) is 0 Å². The van der Waals surface area contributed by atoms with Gasteiger partial charge in [0.1, 0.15) is 11.6 Å². The zero-order chi connectivity index (χ0) is 19.3. The lowest BCUT2D eigenvalue weighted by molar-refractivity contribution is -0.123. The highest BCUT2D eigenvalue weighted by Gasteiger charge is 2.18. The fourth-order valence-corrected chi connectivity index (χ4v) is 3.21. The second-order valence-electron chi connectivity index (χ2n) is 5.87. The third-order valence-electron chi connectivity index (χ3n) is 3.74. The van der Waals surface area contributed by atoms with Crippen molar-refractivity contribution < 1.29 is 18.4 Å². The molecule has 2 aromatic carbocycles. The van der Waals surface area contributed by atoms with Crippen molar-refractivity contribution in [2.24, 2.45) is 0 Å². The zero-order valence-electron chi connectivity index (χ0n) is 14.7. The number of halogens is 2. The number of hydrogen-bond donors (Lipinski definition) is 2. The normalized spacial score (nSPS) is 11.7. The van der Waals surface area contributed by atoms with Crippen LogP contribution >= 0.6 is 11.8 Å². The van der Waals surface area contributed by atoms with Crippen LogP contribution in [0.3, 0.4) is 0 Å². The van der Waals surface area contributed by atoms with Gasteiger partial charge in [0.15, 0.2) is 0 Å². The van der Waals surface area contributed by atoms with Gasteiger partial charge < -0.3 is 10.6 Å². The third kappa shape index (κ3) is 5.29. The Bertz CT molecular complexity index is 807. The first kappa shape index (κ1) is 19.9. The second kappa shape index (κ2) is 8.80. The van der Waals surface area contributed by atoms with E-state index in [-0.39, 0.29) is 17.3 Å². The molecule has 0 aliphatic rings. The van der Waals surface area contributed by atoms with Crippen LogP contribution in [-0.4, -0.2) is 23.6 Å². The number of carbonyl (C=O) groups excluding carboxylic acids is 2. The maximum Gasteiger partial charge on any atom is 0.243 e. The highest BCUT2D eigenvalue weighted by atomic mass is 32.2. The quantitative estimate of drug-likeness (QED) is 0.752. The van der Waals surface area contributed by atoms with E-state index in [1.54, 1.807) is 6.92 Å². The fraction of sp³-hybridized carbons (Fsp3) is 0.263. The molecule has 2 rings (SSSR count). The van der Waals surface area contributed by atoms with E-state index in [0.29, 0.717) is 0 Å². The second-order valence-corrected chi connectivity index (χ2v) is 7.25. The Hall–Kier alpha value is -2.41. The number of benzene rings is 2. The van der Waals surface area contributed by atoms with Gasteiger partial charge in [-0.1, -0.05) is 18.2 Å². The van der Waals surface area contributed by atoms with Crippen molar-refractivity contribution in [3.63, 3.8) is 0 Å². The van der Waals surface area contributed by atoms with Gasteiger partial charge in [-0.25, -0.2) is 8.78 Å². The number of aryl methyl sites for hydroxylation is 2. The maximum absolute atomic E-state index is 13.6. The average Bonchev–Trinajstić information content (AvgIpc) is 2.58. The van der Waals surface area contributed by atoms with E-state index in [0.717, 1.165) is 40.7 Å². The van der Waals surface area contributed by atoms with Crippen LogP contribution in [0, 0.1) is 25.5 Å². The highest BCUT2D eigenvalue weighted by Crippen LogP contribution is 2.26. The molecule has 7 heteroatoms. The van der Waals surface area contributed by atoms with Gasteiger partial charge in [-0.3, -0.25) is 9.59 Å². The van der Waals surface area contributed by atoms with Gasteiger partial charge in [0, 0.05) is 16.6 Å². The van der Waals surface area contributed by atoms with Crippen LogP contribution in [-0.2, 0) is 9.59 Å². The Balaban J connectivity index is 1.88. The summed E-state index contributed by atoms with van der Waals surface area (Å²) in [5, 5.41) is 4.66. The molecule has 0 unspecified atom stereocenters. The minimum absolute atomic E-state index is 0.175. The topological polar surface area (TPSA) is 58.2 Å². The number of para-hydroxylation sites is 1. The Morgan fingerprint density at radius 3 is 2.38 bits per heavy atom. The number of anilines is 1. The predicted molar refractivity (Wildman–Crippen MR) is 99.2 cm³/mol. The highest BCUT2D eigenvalue weighted by molar-refractivity contribution is 8.00. The molecular formula is C19H20F2N2O2S. The molecule has 1 atom stereocenters. The molecule has 0 aliphatic heterocycles. The molecule has 0 heterocycles. The van der Waals surface area contributed by atoms with E-state index in [2.05, 4.69) is 10.6 Å². The lowest BCUT2D eigenvalue weighted by atomic mass is 10.1. The monoisotopic (exact) mass is 378 g/mol. The first-order valence-corrected chi connectivity index (χ1v) is 8.91. The maximum atomic E-state index is 13.6. The summed E-state index contributed by atoms with van der Waals surface area (Å²) in [7, 11) is 0. The van der Waals surface area contributed by atoms with Crippen molar-refractivity contribution in [1.29, 1.82) is 0 Å². The van der Waals surface area contributed by atoms with Crippen LogP contribution in [0.1, 0.15) is 18.1 Å². The minimum Gasteiger partial charge on any atom is -0.346 e. The van der Waals surface area contributed by atoms with Crippen LogP contribution in [0.2, 0.25) is 0 Å². The van der Waals surface area contributed by atoms with Crippen molar-refractivity contribution in [2.45, 2.75) is 30.9 Å². The molecule has 138 valence electrons. The lowest BCUT2D eigenvalue weighted by Crippen LogP contribution is -2.37. The standard InChI is InChI=1S/C19H20F2N2O2S/c1-11-5-4-6-12(2)18(11)23-17(24)10-22-19(25)13(3)26-16-8-7-14(20)9-15(16)21/h4-9,13H,10H2,1-3H3,(H,22,25)(H,23,24)/t13-/m0/s1. The van der Waals surface area contributed by atoms with E-state index in [9.17, 15) is 18.4 Å². The summed E-state index contributed by atoms with van der Waals surface area (Å²) in [4.78, 5) is 24.3. The van der Waals surface area contributed by atoms with Crippen molar-refractivity contribution in [3.8, 4) is 0 Å². The van der Waals surface area contributed by atoms with Crippen LogP contribution in [0.4, 0.5) is 14.5 Å². The van der Waals surface area contributed by atoms with E-state index >= 15 is 0 Å². The van der Waals surface area contributed by atoms with Crippen molar-refractivity contribution >= 4 is 29.3 Å².